The zero-order valence-corrected chi connectivity index (χ0v) is 14.2. The molecular formula is C16H20N2O5S. The van der Waals surface area contributed by atoms with Crippen LogP contribution in [0, 0.1) is 0 Å². The summed E-state index contributed by atoms with van der Waals surface area (Å²) in [5, 5.41) is 0. The van der Waals surface area contributed by atoms with Gasteiger partial charge < -0.3 is 9.64 Å². The number of nitrogens with zero attached hydrogens (tertiary/aromatic N) is 1. The maximum atomic E-state index is 12.0. The van der Waals surface area contributed by atoms with Crippen LogP contribution in [0.2, 0.25) is 0 Å². The highest BCUT2D eigenvalue weighted by Crippen LogP contribution is 2.12. The van der Waals surface area contributed by atoms with Crippen molar-refractivity contribution in [3.8, 4) is 0 Å². The molecule has 24 heavy (non-hydrogen) atoms. The van der Waals surface area contributed by atoms with Crippen molar-refractivity contribution in [2.45, 2.75) is 4.90 Å². The minimum absolute atomic E-state index is 0.0399. The fourth-order valence-corrected chi connectivity index (χ4v) is 2.58. The summed E-state index contributed by atoms with van der Waals surface area (Å²) in [6, 6.07) is 5.37. The first-order valence-corrected chi connectivity index (χ1v) is 8.54. The molecule has 0 radical (unpaired) electrons. The monoisotopic (exact) mass is 352 g/mol. The summed E-state index contributed by atoms with van der Waals surface area (Å²) < 4.78 is 30.6. The zero-order valence-electron chi connectivity index (χ0n) is 13.4. The SMILES string of the molecule is C=CCN(CC=C)C(=O)COC(=O)c1cccc(S(=O)(=O)NC)c1. The molecule has 0 heterocycles. The van der Waals surface area contributed by atoms with E-state index in [4.69, 9.17) is 4.74 Å². The molecule has 0 spiro atoms. The minimum atomic E-state index is -3.67. The summed E-state index contributed by atoms with van der Waals surface area (Å²) >= 11 is 0. The lowest BCUT2D eigenvalue weighted by atomic mass is 10.2. The Morgan fingerprint density at radius 3 is 2.42 bits per heavy atom. The molecule has 130 valence electrons. The van der Waals surface area contributed by atoms with E-state index in [9.17, 15) is 18.0 Å². The summed E-state index contributed by atoms with van der Waals surface area (Å²) in [6.45, 7) is 7.25. The van der Waals surface area contributed by atoms with Gasteiger partial charge in [0.2, 0.25) is 10.0 Å². The van der Waals surface area contributed by atoms with Crippen molar-refractivity contribution in [2.24, 2.45) is 0 Å². The van der Waals surface area contributed by atoms with Gasteiger partial charge in [-0.1, -0.05) is 18.2 Å². The maximum Gasteiger partial charge on any atom is 0.338 e. The van der Waals surface area contributed by atoms with Gasteiger partial charge >= 0.3 is 5.97 Å². The van der Waals surface area contributed by atoms with E-state index in [1.165, 1.54) is 36.2 Å². The van der Waals surface area contributed by atoms with Crippen molar-refractivity contribution in [1.29, 1.82) is 0 Å². The third-order valence-corrected chi connectivity index (χ3v) is 4.44. The quantitative estimate of drug-likeness (QED) is 0.528. The van der Waals surface area contributed by atoms with Crippen LogP contribution in [0.5, 0.6) is 0 Å². The van der Waals surface area contributed by atoms with Crippen molar-refractivity contribution in [3.05, 3.63) is 55.1 Å². The highest BCUT2D eigenvalue weighted by molar-refractivity contribution is 7.89. The fourth-order valence-electron chi connectivity index (χ4n) is 1.80. The average molecular weight is 352 g/mol. The highest BCUT2D eigenvalue weighted by Gasteiger charge is 2.17. The van der Waals surface area contributed by atoms with Gasteiger partial charge in [0.1, 0.15) is 0 Å². The first-order valence-electron chi connectivity index (χ1n) is 7.06. The minimum Gasteiger partial charge on any atom is -0.452 e. The predicted molar refractivity (Wildman–Crippen MR) is 89.9 cm³/mol. The molecule has 0 fully saturated rings. The second kappa shape index (κ2) is 8.99. The molecule has 7 nitrogen and oxygen atoms in total. The first kappa shape index (κ1) is 19.6. The molecule has 0 aromatic heterocycles. The Hall–Kier alpha value is -2.45. The van der Waals surface area contributed by atoms with Gasteiger partial charge in [-0.15, -0.1) is 13.2 Å². The van der Waals surface area contributed by atoms with Crippen LogP contribution in [0.4, 0.5) is 0 Å². The number of carbonyl (C=O) groups excluding carboxylic acids is 2. The topological polar surface area (TPSA) is 92.8 Å². The molecule has 0 aliphatic heterocycles. The van der Waals surface area contributed by atoms with Crippen molar-refractivity contribution in [2.75, 3.05) is 26.7 Å². The van der Waals surface area contributed by atoms with Crippen LogP contribution >= 0.6 is 0 Å². The van der Waals surface area contributed by atoms with Gasteiger partial charge in [-0.2, -0.15) is 0 Å². The van der Waals surface area contributed by atoms with Gasteiger partial charge in [-0.3, -0.25) is 4.79 Å². The largest absolute Gasteiger partial charge is 0.452 e. The molecule has 8 heteroatoms. The van der Waals surface area contributed by atoms with Crippen molar-refractivity contribution in [1.82, 2.24) is 9.62 Å². The van der Waals surface area contributed by atoms with Crippen LogP contribution in [0.3, 0.4) is 0 Å². The number of hydrogen-bond donors (Lipinski definition) is 1. The van der Waals surface area contributed by atoms with Gasteiger partial charge in [0.05, 0.1) is 10.5 Å². The molecule has 0 unspecified atom stereocenters. The Balaban J connectivity index is 2.78. The Labute approximate surface area is 141 Å². The summed E-state index contributed by atoms with van der Waals surface area (Å²) in [5.41, 5.74) is 0.0399. The summed E-state index contributed by atoms with van der Waals surface area (Å²) in [6.07, 6.45) is 3.10. The third-order valence-electron chi connectivity index (χ3n) is 3.03. The lowest BCUT2D eigenvalue weighted by Crippen LogP contribution is -2.35. The van der Waals surface area contributed by atoms with Gasteiger partial charge in [0.15, 0.2) is 6.61 Å². The number of amides is 1. The molecule has 0 aliphatic rings. The molecule has 1 aromatic carbocycles. The fraction of sp³-hybridized carbons (Fsp3) is 0.250. The number of nitrogens with one attached hydrogen (secondary N) is 1. The van der Waals surface area contributed by atoms with Gasteiger partial charge in [0, 0.05) is 13.1 Å². The standard InChI is InChI=1S/C16H20N2O5S/c1-4-9-18(10-5-2)15(19)12-23-16(20)13-7-6-8-14(11-13)24(21,22)17-3/h4-8,11,17H,1-2,9-10,12H2,3H3. The van der Waals surface area contributed by atoms with E-state index in [0.29, 0.717) is 13.1 Å². The number of rotatable bonds is 9. The molecule has 1 aromatic rings. The van der Waals surface area contributed by atoms with E-state index in [1.54, 1.807) is 12.2 Å². The van der Waals surface area contributed by atoms with Crippen molar-refractivity contribution >= 4 is 21.9 Å². The number of hydrogen-bond acceptors (Lipinski definition) is 5. The molecule has 0 atom stereocenters. The molecule has 1 N–H and O–H groups in total. The van der Waals surface area contributed by atoms with Crippen LogP contribution in [0.1, 0.15) is 10.4 Å². The normalized spacial score (nSPS) is 10.7. The van der Waals surface area contributed by atoms with Crippen molar-refractivity contribution < 1.29 is 22.7 Å². The Morgan fingerprint density at radius 2 is 1.88 bits per heavy atom. The second-order valence-electron chi connectivity index (χ2n) is 4.69. The average Bonchev–Trinajstić information content (AvgIpc) is 2.59. The summed E-state index contributed by atoms with van der Waals surface area (Å²) in [7, 11) is -2.40. The van der Waals surface area contributed by atoms with E-state index >= 15 is 0 Å². The van der Waals surface area contributed by atoms with Crippen LogP contribution in [-0.4, -0.2) is 51.9 Å². The van der Waals surface area contributed by atoms with Crippen LogP contribution in [0.25, 0.3) is 0 Å². The number of sulfonamides is 1. The van der Waals surface area contributed by atoms with E-state index in [0.717, 1.165) is 0 Å². The molecule has 1 rings (SSSR count). The lowest BCUT2D eigenvalue weighted by Gasteiger charge is -2.18. The highest BCUT2D eigenvalue weighted by atomic mass is 32.2. The zero-order chi connectivity index (χ0) is 18.2. The molecular weight excluding hydrogens is 332 g/mol. The van der Waals surface area contributed by atoms with E-state index in [-0.39, 0.29) is 10.5 Å². The number of ether oxygens (including phenoxy) is 1. The molecule has 0 saturated carbocycles. The number of esters is 1. The van der Waals surface area contributed by atoms with E-state index in [2.05, 4.69) is 17.9 Å². The number of benzene rings is 1. The number of carbonyl (C=O) groups is 2. The van der Waals surface area contributed by atoms with Crippen LogP contribution in [-0.2, 0) is 19.6 Å². The molecule has 0 aliphatic carbocycles. The Morgan fingerprint density at radius 1 is 1.25 bits per heavy atom. The van der Waals surface area contributed by atoms with Crippen LogP contribution in [0.15, 0.2) is 54.5 Å². The van der Waals surface area contributed by atoms with Crippen molar-refractivity contribution in [3.63, 3.8) is 0 Å². The molecule has 0 saturated heterocycles. The van der Waals surface area contributed by atoms with E-state index < -0.39 is 28.5 Å². The van der Waals surface area contributed by atoms with Gasteiger partial charge in [-0.25, -0.2) is 17.9 Å². The Bertz CT molecular complexity index is 718. The van der Waals surface area contributed by atoms with E-state index in [1.807, 2.05) is 0 Å². The lowest BCUT2D eigenvalue weighted by molar-refractivity contribution is -0.133. The Kier molecular flexibility index (Phi) is 7.34. The first-order chi connectivity index (χ1) is 11.4. The third kappa shape index (κ3) is 5.32. The molecule has 0 bridgehead atoms. The maximum absolute atomic E-state index is 12.0. The summed E-state index contributed by atoms with van der Waals surface area (Å²) in [5.74, 6) is -1.18. The van der Waals surface area contributed by atoms with Gasteiger partial charge in [-0.05, 0) is 25.2 Å². The van der Waals surface area contributed by atoms with Crippen LogP contribution < -0.4 is 4.72 Å². The summed E-state index contributed by atoms with van der Waals surface area (Å²) in [4.78, 5) is 25.3. The van der Waals surface area contributed by atoms with Gasteiger partial charge in [0.25, 0.3) is 5.91 Å². The smallest absolute Gasteiger partial charge is 0.338 e. The predicted octanol–water partition coefficient (Wildman–Crippen LogP) is 0.952. The second-order valence-corrected chi connectivity index (χ2v) is 6.57. The molecule has 1 amide bonds.